The monoisotopic (exact) mass is 288 g/mol. The Morgan fingerprint density at radius 3 is 2.45 bits per heavy atom. The number of rotatable bonds is 5. The van der Waals surface area contributed by atoms with Crippen molar-refractivity contribution in [2.75, 3.05) is 26.2 Å². The van der Waals surface area contributed by atoms with Gasteiger partial charge in [-0.15, -0.1) is 0 Å². The van der Waals surface area contributed by atoms with Crippen LogP contribution in [0.3, 0.4) is 0 Å². The molecule has 1 fully saturated rings. The lowest BCUT2D eigenvalue weighted by atomic mass is 10.0. The molecule has 1 heterocycles. The first kappa shape index (κ1) is 14.6. The van der Waals surface area contributed by atoms with Gasteiger partial charge in [-0.05, 0) is 24.3 Å². The lowest BCUT2D eigenvalue weighted by Crippen LogP contribution is -2.48. The number of carbonyl (C=O) groups is 1. The van der Waals surface area contributed by atoms with Crippen molar-refractivity contribution in [1.29, 1.82) is 0 Å². The van der Waals surface area contributed by atoms with Crippen LogP contribution in [0, 0.1) is 5.92 Å². The average molecular weight is 288 g/mol. The van der Waals surface area contributed by atoms with Gasteiger partial charge in [0.25, 0.3) is 5.91 Å². The van der Waals surface area contributed by atoms with Crippen molar-refractivity contribution in [2.45, 2.75) is 6.18 Å². The van der Waals surface area contributed by atoms with Crippen LogP contribution in [-0.2, 0) is 11.0 Å². The van der Waals surface area contributed by atoms with Gasteiger partial charge < -0.3 is 15.4 Å². The van der Waals surface area contributed by atoms with Crippen molar-refractivity contribution in [1.82, 2.24) is 10.6 Å². The topological polar surface area (TPSA) is 50.4 Å². The van der Waals surface area contributed by atoms with Crippen LogP contribution in [0.5, 0.6) is 5.75 Å². The van der Waals surface area contributed by atoms with E-state index in [0.29, 0.717) is 12.5 Å². The largest absolute Gasteiger partial charge is 0.484 e. The maximum Gasteiger partial charge on any atom is 0.416 e. The van der Waals surface area contributed by atoms with Crippen LogP contribution in [0.2, 0.25) is 0 Å². The minimum atomic E-state index is -4.37. The average Bonchev–Trinajstić information content (AvgIpc) is 2.34. The Kier molecular flexibility index (Phi) is 4.49. The first-order valence-corrected chi connectivity index (χ1v) is 6.22. The second-order valence-electron chi connectivity index (χ2n) is 4.64. The highest BCUT2D eigenvalue weighted by molar-refractivity contribution is 5.77. The third-order valence-corrected chi connectivity index (χ3v) is 3.01. The summed E-state index contributed by atoms with van der Waals surface area (Å²) >= 11 is 0. The first-order valence-electron chi connectivity index (χ1n) is 6.22. The summed E-state index contributed by atoms with van der Waals surface area (Å²) in [4.78, 5) is 11.5. The van der Waals surface area contributed by atoms with E-state index in [4.69, 9.17) is 4.74 Å². The molecule has 1 saturated heterocycles. The Balaban J connectivity index is 1.74. The Labute approximate surface area is 114 Å². The fraction of sp³-hybridized carbons (Fsp3) is 0.462. The molecule has 1 aromatic rings. The summed E-state index contributed by atoms with van der Waals surface area (Å²) in [5.74, 6) is 0.403. The van der Waals surface area contributed by atoms with Crippen molar-refractivity contribution in [3.63, 3.8) is 0 Å². The molecule has 0 atom stereocenters. The van der Waals surface area contributed by atoms with Crippen LogP contribution < -0.4 is 15.4 Å². The van der Waals surface area contributed by atoms with Crippen molar-refractivity contribution in [2.24, 2.45) is 5.92 Å². The molecule has 1 aliphatic rings. The minimum Gasteiger partial charge on any atom is -0.484 e. The summed E-state index contributed by atoms with van der Waals surface area (Å²) in [6.45, 7) is 2.16. The molecule has 1 aromatic carbocycles. The first-order chi connectivity index (χ1) is 9.45. The summed E-state index contributed by atoms with van der Waals surface area (Å²) in [6, 6.07) is 4.25. The fourth-order valence-corrected chi connectivity index (χ4v) is 1.69. The highest BCUT2D eigenvalue weighted by atomic mass is 19.4. The van der Waals surface area contributed by atoms with Gasteiger partial charge in [-0.1, -0.05) is 0 Å². The number of ether oxygens (including phenoxy) is 1. The van der Waals surface area contributed by atoms with Gasteiger partial charge in [-0.3, -0.25) is 4.79 Å². The molecule has 0 radical (unpaired) electrons. The fourth-order valence-electron chi connectivity index (χ4n) is 1.69. The van der Waals surface area contributed by atoms with E-state index < -0.39 is 11.7 Å². The zero-order chi connectivity index (χ0) is 14.6. The molecule has 0 unspecified atom stereocenters. The molecule has 0 aliphatic carbocycles. The number of halogens is 3. The molecule has 4 nitrogen and oxygen atoms in total. The minimum absolute atomic E-state index is 0.203. The van der Waals surface area contributed by atoms with E-state index in [1.807, 2.05) is 0 Å². The molecule has 1 aliphatic heterocycles. The SMILES string of the molecule is O=C(COc1ccc(C(F)(F)F)cc1)NCC1CNC1. The maximum absolute atomic E-state index is 12.3. The highest BCUT2D eigenvalue weighted by Gasteiger charge is 2.30. The Morgan fingerprint density at radius 2 is 1.95 bits per heavy atom. The molecule has 110 valence electrons. The Bertz CT molecular complexity index is 456. The van der Waals surface area contributed by atoms with Crippen LogP contribution in [0.1, 0.15) is 5.56 Å². The Hall–Kier alpha value is -1.76. The number of benzene rings is 1. The molecule has 7 heteroatoms. The third-order valence-electron chi connectivity index (χ3n) is 3.01. The second-order valence-corrected chi connectivity index (χ2v) is 4.64. The van der Waals surface area contributed by atoms with Crippen molar-refractivity contribution < 1.29 is 22.7 Å². The third kappa shape index (κ3) is 4.12. The van der Waals surface area contributed by atoms with Crippen LogP contribution >= 0.6 is 0 Å². The number of amides is 1. The van der Waals surface area contributed by atoms with E-state index in [1.165, 1.54) is 12.1 Å². The van der Waals surface area contributed by atoms with Gasteiger partial charge in [0.05, 0.1) is 5.56 Å². The lowest BCUT2D eigenvalue weighted by molar-refractivity contribution is -0.137. The Morgan fingerprint density at radius 1 is 1.30 bits per heavy atom. The van der Waals surface area contributed by atoms with Gasteiger partial charge in [0.15, 0.2) is 6.61 Å². The van der Waals surface area contributed by atoms with Gasteiger partial charge in [0.2, 0.25) is 0 Å². The van der Waals surface area contributed by atoms with E-state index in [-0.39, 0.29) is 18.3 Å². The van der Waals surface area contributed by atoms with Gasteiger partial charge in [-0.25, -0.2) is 0 Å². The number of alkyl halides is 3. The molecule has 2 rings (SSSR count). The summed E-state index contributed by atoms with van der Waals surface area (Å²) in [5, 5.41) is 5.79. The smallest absolute Gasteiger partial charge is 0.416 e. The van der Waals surface area contributed by atoms with Crippen LogP contribution in [0.4, 0.5) is 13.2 Å². The number of carbonyl (C=O) groups excluding carboxylic acids is 1. The van der Waals surface area contributed by atoms with Gasteiger partial charge in [0, 0.05) is 25.6 Å². The van der Waals surface area contributed by atoms with E-state index in [1.54, 1.807) is 0 Å². The number of hydrogen-bond acceptors (Lipinski definition) is 3. The highest BCUT2D eigenvalue weighted by Crippen LogP contribution is 2.30. The molecule has 0 spiro atoms. The van der Waals surface area contributed by atoms with Crippen molar-refractivity contribution in [3.8, 4) is 5.75 Å². The predicted molar refractivity (Wildman–Crippen MR) is 66.3 cm³/mol. The quantitative estimate of drug-likeness (QED) is 0.861. The summed E-state index contributed by atoms with van der Waals surface area (Å²) in [5.41, 5.74) is -0.744. The molecule has 2 N–H and O–H groups in total. The zero-order valence-corrected chi connectivity index (χ0v) is 10.7. The molecule has 1 amide bonds. The molecule has 0 saturated carbocycles. The normalized spacial score (nSPS) is 15.6. The molecule has 0 bridgehead atoms. The number of nitrogens with one attached hydrogen (secondary N) is 2. The molecule has 0 aromatic heterocycles. The molecular weight excluding hydrogens is 273 g/mol. The van der Waals surface area contributed by atoms with E-state index in [9.17, 15) is 18.0 Å². The van der Waals surface area contributed by atoms with E-state index >= 15 is 0 Å². The predicted octanol–water partition coefficient (Wildman–Crippen LogP) is 1.42. The lowest BCUT2D eigenvalue weighted by Gasteiger charge is -2.27. The summed E-state index contributed by atoms with van der Waals surface area (Å²) in [6.07, 6.45) is -4.37. The molecule has 20 heavy (non-hydrogen) atoms. The standard InChI is InChI=1S/C13H15F3N2O2/c14-13(15,16)10-1-3-11(4-2-10)20-8-12(19)18-7-9-5-17-6-9/h1-4,9,17H,5-8H2,(H,18,19). The van der Waals surface area contributed by atoms with Crippen LogP contribution in [-0.4, -0.2) is 32.1 Å². The van der Waals surface area contributed by atoms with E-state index in [2.05, 4.69) is 10.6 Å². The van der Waals surface area contributed by atoms with Crippen LogP contribution in [0.15, 0.2) is 24.3 Å². The molecular formula is C13H15F3N2O2. The van der Waals surface area contributed by atoms with Crippen LogP contribution in [0.25, 0.3) is 0 Å². The maximum atomic E-state index is 12.3. The van der Waals surface area contributed by atoms with Crippen molar-refractivity contribution in [3.05, 3.63) is 29.8 Å². The summed E-state index contributed by atoms with van der Waals surface area (Å²) < 4.78 is 42.1. The van der Waals surface area contributed by atoms with Gasteiger partial charge in [0.1, 0.15) is 5.75 Å². The van der Waals surface area contributed by atoms with Crippen molar-refractivity contribution >= 4 is 5.91 Å². The zero-order valence-electron chi connectivity index (χ0n) is 10.7. The van der Waals surface area contributed by atoms with Gasteiger partial charge >= 0.3 is 6.18 Å². The number of hydrogen-bond donors (Lipinski definition) is 2. The van der Waals surface area contributed by atoms with Gasteiger partial charge in [-0.2, -0.15) is 13.2 Å². The van der Waals surface area contributed by atoms with E-state index in [0.717, 1.165) is 25.2 Å². The summed E-state index contributed by atoms with van der Waals surface area (Å²) in [7, 11) is 0. The second kappa shape index (κ2) is 6.13.